The van der Waals surface area contributed by atoms with Crippen LogP contribution in [0.15, 0.2) is 48.5 Å². The van der Waals surface area contributed by atoms with Gasteiger partial charge in [0.15, 0.2) is 0 Å². The number of carbonyl (C=O) groups is 1. The molecule has 7 nitrogen and oxygen atoms in total. The number of hydrogen-bond donors (Lipinski definition) is 0. The molecule has 1 aliphatic rings. The zero-order valence-corrected chi connectivity index (χ0v) is 17.0. The number of anilines is 1. The zero-order valence-electron chi connectivity index (χ0n) is 17.0. The van der Waals surface area contributed by atoms with E-state index in [9.17, 15) is 4.79 Å². The lowest BCUT2D eigenvalue weighted by Gasteiger charge is -2.26. The number of carbonyl (C=O) groups excluding carboxylic acids is 1. The van der Waals surface area contributed by atoms with Crippen LogP contribution in [0, 0.1) is 0 Å². The van der Waals surface area contributed by atoms with Gasteiger partial charge in [0, 0.05) is 39.5 Å². The fourth-order valence-corrected chi connectivity index (χ4v) is 3.67. The molecule has 2 aromatic carbocycles. The van der Waals surface area contributed by atoms with E-state index in [0.717, 1.165) is 41.7 Å². The number of benzene rings is 2. The van der Waals surface area contributed by atoms with Crippen LogP contribution in [0.5, 0.6) is 0 Å². The smallest absolute Gasteiger partial charge is 0.244 e. The van der Waals surface area contributed by atoms with Crippen molar-refractivity contribution in [3.8, 4) is 0 Å². The number of para-hydroxylation sites is 1. The molecule has 0 aliphatic carbocycles. The second-order valence-corrected chi connectivity index (χ2v) is 7.71. The maximum Gasteiger partial charge on any atom is 0.244 e. The van der Waals surface area contributed by atoms with Gasteiger partial charge >= 0.3 is 0 Å². The third-order valence-electron chi connectivity index (χ3n) is 5.33. The third kappa shape index (κ3) is 4.56. The molecule has 1 amide bonds. The SMILES string of the molecule is CN(C)c1ccc(CN(CC2CCCO2)C(=O)Cn2nnc3ccccc32)cc1. The topological polar surface area (TPSA) is 63.5 Å². The van der Waals surface area contributed by atoms with Crippen molar-refractivity contribution in [2.24, 2.45) is 0 Å². The van der Waals surface area contributed by atoms with Gasteiger partial charge in [0.2, 0.25) is 5.91 Å². The van der Waals surface area contributed by atoms with Crippen LogP contribution in [0.25, 0.3) is 11.0 Å². The van der Waals surface area contributed by atoms with E-state index in [1.807, 2.05) is 43.3 Å². The van der Waals surface area contributed by atoms with Crippen LogP contribution in [-0.4, -0.2) is 59.2 Å². The Morgan fingerprint density at radius 2 is 1.97 bits per heavy atom. The number of amides is 1. The first-order chi connectivity index (χ1) is 14.1. The van der Waals surface area contributed by atoms with Gasteiger partial charge in [-0.25, -0.2) is 4.68 Å². The molecule has 0 radical (unpaired) electrons. The Morgan fingerprint density at radius 1 is 1.17 bits per heavy atom. The Bertz CT molecular complexity index is 961. The summed E-state index contributed by atoms with van der Waals surface area (Å²) in [5.41, 5.74) is 3.91. The van der Waals surface area contributed by atoms with E-state index in [-0.39, 0.29) is 18.6 Å². The van der Waals surface area contributed by atoms with E-state index >= 15 is 0 Å². The second kappa shape index (κ2) is 8.61. The van der Waals surface area contributed by atoms with Gasteiger partial charge < -0.3 is 14.5 Å². The molecular weight excluding hydrogens is 366 g/mol. The Balaban J connectivity index is 1.51. The predicted molar refractivity (Wildman–Crippen MR) is 113 cm³/mol. The molecule has 4 rings (SSSR count). The maximum absolute atomic E-state index is 13.2. The van der Waals surface area contributed by atoms with Gasteiger partial charge in [-0.15, -0.1) is 5.10 Å². The van der Waals surface area contributed by atoms with Crippen molar-refractivity contribution in [2.45, 2.75) is 32.0 Å². The lowest BCUT2D eigenvalue weighted by atomic mass is 10.1. The molecule has 29 heavy (non-hydrogen) atoms. The molecule has 1 atom stereocenters. The van der Waals surface area contributed by atoms with Crippen LogP contribution >= 0.6 is 0 Å². The van der Waals surface area contributed by atoms with Gasteiger partial charge in [-0.3, -0.25) is 4.79 Å². The highest BCUT2D eigenvalue weighted by Gasteiger charge is 2.23. The first-order valence-corrected chi connectivity index (χ1v) is 10.0. The molecule has 1 saturated heterocycles. The number of aromatic nitrogens is 3. The summed E-state index contributed by atoms with van der Waals surface area (Å²) < 4.78 is 7.47. The van der Waals surface area contributed by atoms with Crippen molar-refractivity contribution >= 4 is 22.6 Å². The van der Waals surface area contributed by atoms with Crippen molar-refractivity contribution in [1.29, 1.82) is 0 Å². The molecule has 0 N–H and O–H groups in total. The summed E-state index contributed by atoms with van der Waals surface area (Å²) in [5.74, 6) is 0.0211. The van der Waals surface area contributed by atoms with E-state index in [2.05, 4.69) is 39.5 Å². The molecule has 152 valence electrons. The molecule has 7 heteroatoms. The van der Waals surface area contributed by atoms with Crippen molar-refractivity contribution in [3.05, 3.63) is 54.1 Å². The average Bonchev–Trinajstić information content (AvgIpc) is 3.38. The maximum atomic E-state index is 13.2. The van der Waals surface area contributed by atoms with Crippen molar-refractivity contribution in [2.75, 3.05) is 32.1 Å². The standard InChI is InChI=1S/C22H27N5O2/c1-25(2)18-11-9-17(10-12-18)14-26(15-19-6-5-13-29-19)22(28)16-27-21-8-4-3-7-20(21)23-24-27/h3-4,7-12,19H,5-6,13-16H2,1-2H3. The monoisotopic (exact) mass is 393 g/mol. The first kappa shape index (κ1) is 19.4. The lowest BCUT2D eigenvalue weighted by Crippen LogP contribution is -2.39. The molecule has 1 unspecified atom stereocenters. The average molecular weight is 393 g/mol. The largest absolute Gasteiger partial charge is 0.378 e. The fraction of sp³-hybridized carbons (Fsp3) is 0.409. The molecule has 1 aromatic heterocycles. The zero-order chi connectivity index (χ0) is 20.2. The Kier molecular flexibility index (Phi) is 5.76. The van der Waals surface area contributed by atoms with Crippen LogP contribution < -0.4 is 4.90 Å². The molecule has 2 heterocycles. The number of ether oxygens (including phenoxy) is 1. The van der Waals surface area contributed by atoms with Gasteiger partial charge in [0.25, 0.3) is 0 Å². The quantitative estimate of drug-likeness (QED) is 0.618. The number of fused-ring (bicyclic) bond motifs is 1. The van der Waals surface area contributed by atoms with Crippen LogP contribution in [0.1, 0.15) is 18.4 Å². The third-order valence-corrected chi connectivity index (χ3v) is 5.33. The summed E-state index contributed by atoms with van der Waals surface area (Å²) in [6.07, 6.45) is 2.15. The molecule has 3 aromatic rings. The second-order valence-electron chi connectivity index (χ2n) is 7.71. The highest BCUT2D eigenvalue weighted by molar-refractivity contribution is 5.79. The van der Waals surface area contributed by atoms with E-state index in [1.165, 1.54) is 0 Å². The minimum Gasteiger partial charge on any atom is -0.378 e. The van der Waals surface area contributed by atoms with E-state index in [4.69, 9.17) is 4.74 Å². The molecule has 0 saturated carbocycles. The minimum absolute atomic E-state index is 0.0211. The van der Waals surface area contributed by atoms with E-state index < -0.39 is 0 Å². The van der Waals surface area contributed by atoms with Crippen molar-refractivity contribution in [3.63, 3.8) is 0 Å². The fourth-order valence-electron chi connectivity index (χ4n) is 3.67. The Labute approximate surface area is 170 Å². The summed E-state index contributed by atoms with van der Waals surface area (Å²) in [5, 5.41) is 8.33. The number of nitrogens with zero attached hydrogens (tertiary/aromatic N) is 5. The minimum atomic E-state index is 0.0211. The number of hydrogen-bond acceptors (Lipinski definition) is 5. The summed E-state index contributed by atoms with van der Waals surface area (Å²) in [4.78, 5) is 17.1. The van der Waals surface area contributed by atoms with E-state index in [1.54, 1.807) is 4.68 Å². The first-order valence-electron chi connectivity index (χ1n) is 10.0. The van der Waals surface area contributed by atoms with Crippen LogP contribution in [0.3, 0.4) is 0 Å². The molecule has 0 spiro atoms. The van der Waals surface area contributed by atoms with Crippen LogP contribution in [0.4, 0.5) is 5.69 Å². The van der Waals surface area contributed by atoms with E-state index in [0.29, 0.717) is 13.1 Å². The number of rotatable bonds is 7. The molecule has 1 aliphatic heterocycles. The Morgan fingerprint density at radius 3 is 2.69 bits per heavy atom. The lowest BCUT2D eigenvalue weighted by molar-refractivity contribution is -0.134. The molecular formula is C22H27N5O2. The summed E-state index contributed by atoms with van der Waals surface area (Å²) >= 11 is 0. The van der Waals surface area contributed by atoms with Crippen LogP contribution in [-0.2, 0) is 22.6 Å². The summed E-state index contributed by atoms with van der Waals surface area (Å²) in [7, 11) is 4.04. The van der Waals surface area contributed by atoms with Crippen molar-refractivity contribution in [1.82, 2.24) is 19.9 Å². The van der Waals surface area contributed by atoms with Gasteiger partial charge in [-0.05, 0) is 42.7 Å². The highest BCUT2D eigenvalue weighted by atomic mass is 16.5. The molecule has 1 fully saturated rings. The summed E-state index contributed by atoms with van der Waals surface area (Å²) in [6, 6.07) is 16.0. The van der Waals surface area contributed by atoms with Gasteiger partial charge in [0.1, 0.15) is 12.1 Å². The van der Waals surface area contributed by atoms with Crippen molar-refractivity contribution < 1.29 is 9.53 Å². The van der Waals surface area contributed by atoms with Crippen LogP contribution in [0.2, 0.25) is 0 Å². The predicted octanol–water partition coefficient (Wildman–Crippen LogP) is 2.71. The summed E-state index contributed by atoms with van der Waals surface area (Å²) in [6.45, 7) is 2.10. The highest BCUT2D eigenvalue weighted by Crippen LogP contribution is 2.18. The molecule has 0 bridgehead atoms. The van der Waals surface area contributed by atoms with Gasteiger partial charge in [0.05, 0.1) is 11.6 Å². The Hall–Kier alpha value is -2.93. The van der Waals surface area contributed by atoms with Gasteiger partial charge in [-0.1, -0.05) is 29.5 Å². The van der Waals surface area contributed by atoms with Gasteiger partial charge in [-0.2, -0.15) is 0 Å². The normalized spacial score (nSPS) is 16.3.